The summed E-state index contributed by atoms with van der Waals surface area (Å²) < 4.78 is 11.0. The van der Waals surface area contributed by atoms with Crippen LogP contribution >= 0.6 is 0 Å². The Bertz CT molecular complexity index is 399. The maximum Gasteiger partial charge on any atom is 0.122 e. The minimum Gasteiger partial charge on any atom is -0.494 e. The average Bonchev–Trinajstić information content (AvgIpc) is 2.31. The average molecular weight is 249 g/mol. The van der Waals surface area contributed by atoms with Gasteiger partial charge >= 0.3 is 0 Å². The molecule has 0 atom stereocenters. The third-order valence-corrected chi connectivity index (χ3v) is 3.70. The lowest BCUT2D eigenvalue weighted by Crippen LogP contribution is -2.47. The monoisotopic (exact) mass is 249 g/mol. The van der Waals surface area contributed by atoms with Gasteiger partial charge in [0.2, 0.25) is 0 Å². The minimum atomic E-state index is 0.189. The van der Waals surface area contributed by atoms with Crippen molar-refractivity contribution in [2.24, 2.45) is 5.73 Å². The Kier molecular flexibility index (Phi) is 4.25. The van der Waals surface area contributed by atoms with Gasteiger partial charge in [-0.1, -0.05) is 12.1 Å². The third-order valence-electron chi connectivity index (χ3n) is 3.70. The Morgan fingerprint density at radius 3 is 2.67 bits per heavy atom. The highest BCUT2D eigenvalue weighted by molar-refractivity contribution is 5.40. The summed E-state index contributed by atoms with van der Waals surface area (Å²) in [5.41, 5.74) is 8.38. The molecule has 1 fully saturated rings. The number of rotatable bonds is 6. The number of nitrogens with two attached hydrogens (primary N) is 1. The molecule has 1 aromatic carbocycles. The molecule has 0 aliphatic carbocycles. The molecule has 1 aliphatic rings. The normalized spacial score (nSPS) is 17.3. The highest BCUT2D eigenvalue weighted by Gasteiger charge is 2.39. The number of benzene rings is 1. The van der Waals surface area contributed by atoms with E-state index >= 15 is 0 Å². The lowest BCUT2D eigenvalue weighted by atomic mass is 9.74. The second-order valence-corrected chi connectivity index (χ2v) is 5.08. The standard InChI is InChI=1S/C15H23NO2/c1-3-18-14-6-5-13(9-12(14)2)15(7-4-8-16)10-17-11-15/h5-6,9H,3-4,7-8,10-11,16H2,1-2H3. The molecule has 2 N–H and O–H groups in total. The topological polar surface area (TPSA) is 44.5 Å². The summed E-state index contributed by atoms with van der Waals surface area (Å²) in [7, 11) is 0. The number of hydrogen-bond donors (Lipinski definition) is 1. The van der Waals surface area contributed by atoms with Crippen LogP contribution in [0.4, 0.5) is 0 Å². The van der Waals surface area contributed by atoms with E-state index in [0.717, 1.165) is 38.3 Å². The van der Waals surface area contributed by atoms with Gasteiger partial charge in [-0.3, -0.25) is 0 Å². The molecule has 1 aromatic rings. The van der Waals surface area contributed by atoms with Crippen LogP contribution in [-0.4, -0.2) is 26.4 Å². The first kappa shape index (κ1) is 13.4. The van der Waals surface area contributed by atoms with Gasteiger partial charge in [0, 0.05) is 5.41 Å². The first-order valence-electron chi connectivity index (χ1n) is 6.73. The van der Waals surface area contributed by atoms with Crippen molar-refractivity contribution in [2.75, 3.05) is 26.4 Å². The second-order valence-electron chi connectivity index (χ2n) is 5.08. The number of ether oxygens (including phenoxy) is 2. The predicted molar refractivity (Wildman–Crippen MR) is 73.1 cm³/mol. The Morgan fingerprint density at radius 1 is 1.39 bits per heavy atom. The molecule has 0 aromatic heterocycles. The van der Waals surface area contributed by atoms with E-state index in [9.17, 15) is 0 Å². The number of hydrogen-bond acceptors (Lipinski definition) is 3. The highest BCUT2D eigenvalue weighted by atomic mass is 16.5. The van der Waals surface area contributed by atoms with Crippen LogP contribution in [-0.2, 0) is 10.2 Å². The van der Waals surface area contributed by atoms with E-state index < -0.39 is 0 Å². The van der Waals surface area contributed by atoms with Gasteiger partial charge in [0.1, 0.15) is 5.75 Å². The van der Waals surface area contributed by atoms with Crippen molar-refractivity contribution in [3.05, 3.63) is 29.3 Å². The second kappa shape index (κ2) is 5.72. The van der Waals surface area contributed by atoms with Crippen LogP contribution in [0.3, 0.4) is 0 Å². The van der Waals surface area contributed by atoms with Gasteiger partial charge < -0.3 is 15.2 Å². The maximum absolute atomic E-state index is 5.63. The highest BCUT2D eigenvalue weighted by Crippen LogP contribution is 2.38. The van der Waals surface area contributed by atoms with Crippen LogP contribution in [0.15, 0.2) is 18.2 Å². The molecule has 2 rings (SSSR count). The molecular weight excluding hydrogens is 226 g/mol. The summed E-state index contributed by atoms with van der Waals surface area (Å²) in [5, 5.41) is 0. The first-order valence-corrected chi connectivity index (χ1v) is 6.73. The molecule has 0 saturated carbocycles. The van der Waals surface area contributed by atoms with Crippen molar-refractivity contribution in [1.29, 1.82) is 0 Å². The van der Waals surface area contributed by atoms with Crippen molar-refractivity contribution in [2.45, 2.75) is 32.1 Å². The van der Waals surface area contributed by atoms with Crippen LogP contribution in [0.5, 0.6) is 5.75 Å². The molecular formula is C15H23NO2. The molecule has 1 saturated heterocycles. The van der Waals surface area contributed by atoms with Gasteiger partial charge in [-0.25, -0.2) is 0 Å². The lowest BCUT2D eigenvalue weighted by molar-refractivity contribution is -0.0649. The summed E-state index contributed by atoms with van der Waals surface area (Å²) in [6.45, 7) is 7.21. The third kappa shape index (κ3) is 2.52. The van der Waals surface area contributed by atoms with E-state index in [1.54, 1.807) is 0 Å². The smallest absolute Gasteiger partial charge is 0.122 e. The van der Waals surface area contributed by atoms with Crippen LogP contribution < -0.4 is 10.5 Å². The zero-order valence-corrected chi connectivity index (χ0v) is 11.4. The summed E-state index contributed by atoms with van der Waals surface area (Å²) in [6.07, 6.45) is 2.16. The van der Waals surface area contributed by atoms with E-state index in [0.29, 0.717) is 6.61 Å². The molecule has 3 heteroatoms. The van der Waals surface area contributed by atoms with E-state index in [1.807, 2.05) is 6.92 Å². The van der Waals surface area contributed by atoms with Crippen molar-refractivity contribution in [3.8, 4) is 5.75 Å². The molecule has 0 spiro atoms. The molecule has 0 bridgehead atoms. The van der Waals surface area contributed by atoms with Crippen molar-refractivity contribution >= 4 is 0 Å². The SMILES string of the molecule is CCOc1ccc(C2(CCCN)COC2)cc1C. The van der Waals surface area contributed by atoms with E-state index in [4.69, 9.17) is 15.2 Å². The fourth-order valence-electron chi connectivity index (χ4n) is 2.54. The van der Waals surface area contributed by atoms with E-state index in [-0.39, 0.29) is 5.41 Å². The molecule has 1 aliphatic heterocycles. The van der Waals surface area contributed by atoms with Gasteiger partial charge in [0.15, 0.2) is 0 Å². The van der Waals surface area contributed by atoms with Gasteiger partial charge in [0.25, 0.3) is 0 Å². The molecule has 0 amide bonds. The quantitative estimate of drug-likeness (QED) is 0.842. The maximum atomic E-state index is 5.63. The van der Waals surface area contributed by atoms with Crippen molar-refractivity contribution in [1.82, 2.24) is 0 Å². The van der Waals surface area contributed by atoms with Gasteiger partial charge in [-0.05, 0) is 50.4 Å². The summed E-state index contributed by atoms with van der Waals surface area (Å²) in [5.74, 6) is 0.982. The fraction of sp³-hybridized carbons (Fsp3) is 0.600. The van der Waals surface area contributed by atoms with Crippen molar-refractivity contribution in [3.63, 3.8) is 0 Å². The minimum absolute atomic E-state index is 0.189. The summed E-state index contributed by atoms with van der Waals surface area (Å²) >= 11 is 0. The fourth-order valence-corrected chi connectivity index (χ4v) is 2.54. The Balaban J connectivity index is 2.18. The first-order chi connectivity index (χ1) is 8.72. The lowest BCUT2D eigenvalue weighted by Gasteiger charge is -2.42. The van der Waals surface area contributed by atoms with Gasteiger partial charge in [-0.15, -0.1) is 0 Å². The Labute approximate surface area is 109 Å². The number of aryl methyl sites for hydroxylation is 1. The molecule has 100 valence electrons. The van der Waals surface area contributed by atoms with Crippen molar-refractivity contribution < 1.29 is 9.47 Å². The van der Waals surface area contributed by atoms with Crippen LogP contribution in [0, 0.1) is 6.92 Å². The van der Waals surface area contributed by atoms with Crippen LogP contribution in [0.25, 0.3) is 0 Å². The van der Waals surface area contributed by atoms with E-state index in [1.165, 1.54) is 11.1 Å². The zero-order valence-electron chi connectivity index (χ0n) is 11.4. The van der Waals surface area contributed by atoms with Gasteiger partial charge in [-0.2, -0.15) is 0 Å². The predicted octanol–water partition coefficient (Wildman–Crippen LogP) is 2.40. The Morgan fingerprint density at radius 2 is 2.17 bits per heavy atom. The zero-order chi connectivity index (χ0) is 13.0. The molecule has 1 heterocycles. The van der Waals surface area contributed by atoms with E-state index in [2.05, 4.69) is 25.1 Å². The Hall–Kier alpha value is -1.06. The molecule has 0 unspecified atom stereocenters. The molecule has 0 radical (unpaired) electrons. The van der Waals surface area contributed by atoms with Crippen LogP contribution in [0.2, 0.25) is 0 Å². The summed E-state index contributed by atoms with van der Waals surface area (Å²) in [4.78, 5) is 0. The molecule has 18 heavy (non-hydrogen) atoms. The molecule has 3 nitrogen and oxygen atoms in total. The summed E-state index contributed by atoms with van der Waals surface area (Å²) in [6, 6.07) is 6.50. The largest absolute Gasteiger partial charge is 0.494 e. The van der Waals surface area contributed by atoms with Crippen LogP contribution in [0.1, 0.15) is 30.9 Å². The van der Waals surface area contributed by atoms with Gasteiger partial charge in [0.05, 0.1) is 19.8 Å².